The van der Waals surface area contributed by atoms with Gasteiger partial charge in [0.1, 0.15) is 16.5 Å². The first-order valence-corrected chi connectivity index (χ1v) is 5.29. The van der Waals surface area contributed by atoms with Crippen LogP contribution in [0.3, 0.4) is 0 Å². The predicted octanol–water partition coefficient (Wildman–Crippen LogP) is 2.36. The molecule has 15 heavy (non-hydrogen) atoms. The monoisotopic (exact) mass is 223 g/mol. The topological polar surface area (TPSA) is 28.5 Å². The van der Waals surface area contributed by atoms with Crippen LogP contribution in [0.2, 0.25) is 5.15 Å². The highest BCUT2D eigenvalue weighted by Gasteiger charge is 2.39. The van der Waals surface area contributed by atoms with Crippen molar-refractivity contribution in [1.82, 2.24) is 9.88 Å². The molecule has 1 aliphatic rings. The molecule has 0 saturated carbocycles. The molecule has 2 heterocycles. The number of amidine groups is 1. The van der Waals surface area contributed by atoms with Gasteiger partial charge in [0.05, 0.1) is 0 Å². The van der Waals surface area contributed by atoms with Crippen LogP contribution in [0, 0.1) is 0 Å². The molecule has 4 heteroatoms. The van der Waals surface area contributed by atoms with Crippen molar-refractivity contribution in [2.45, 2.75) is 25.9 Å². The lowest BCUT2D eigenvalue weighted by atomic mass is 10.1. The average Bonchev–Trinajstić information content (AvgIpc) is 2.79. The van der Waals surface area contributed by atoms with Crippen molar-refractivity contribution < 1.29 is 0 Å². The van der Waals surface area contributed by atoms with Crippen molar-refractivity contribution in [2.75, 3.05) is 7.05 Å². The standard InChI is InChI=1S/C11H14ClN3/c1-11(2)10(14-11)15(3)7-8-4-5-9(12)13-6-8/h4-6H,7H2,1-3H3. The molecule has 0 aliphatic carbocycles. The molecule has 1 aromatic rings. The maximum atomic E-state index is 5.72. The van der Waals surface area contributed by atoms with Gasteiger partial charge >= 0.3 is 0 Å². The van der Waals surface area contributed by atoms with Crippen molar-refractivity contribution in [3.05, 3.63) is 29.0 Å². The van der Waals surface area contributed by atoms with Crippen LogP contribution in [0.5, 0.6) is 0 Å². The third-order valence-corrected chi connectivity index (χ3v) is 2.68. The van der Waals surface area contributed by atoms with E-state index in [4.69, 9.17) is 11.6 Å². The van der Waals surface area contributed by atoms with Crippen molar-refractivity contribution in [3.63, 3.8) is 0 Å². The molecule has 1 aliphatic heterocycles. The summed E-state index contributed by atoms with van der Waals surface area (Å²) in [7, 11) is 2.04. The second-order valence-electron chi connectivity index (χ2n) is 4.34. The average molecular weight is 224 g/mol. The summed E-state index contributed by atoms with van der Waals surface area (Å²) in [6.45, 7) is 5.05. The van der Waals surface area contributed by atoms with Crippen LogP contribution < -0.4 is 0 Å². The highest BCUT2D eigenvalue weighted by molar-refractivity contribution is 6.29. The zero-order valence-corrected chi connectivity index (χ0v) is 9.91. The lowest BCUT2D eigenvalue weighted by Gasteiger charge is -2.16. The van der Waals surface area contributed by atoms with E-state index in [9.17, 15) is 0 Å². The Hall–Kier alpha value is -1.09. The van der Waals surface area contributed by atoms with Crippen molar-refractivity contribution in [1.29, 1.82) is 0 Å². The number of hydrogen-bond acceptors (Lipinski definition) is 3. The van der Waals surface area contributed by atoms with Crippen molar-refractivity contribution >= 4 is 17.4 Å². The number of rotatable bonds is 2. The Morgan fingerprint density at radius 2 is 2.07 bits per heavy atom. The molecule has 0 spiro atoms. The largest absolute Gasteiger partial charge is 0.357 e. The van der Waals surface area contributed by atoms with Gasteiger partial charge in [-0.15, -0.1) is 0 Å². The molecule has 0 bridgehead atoms. The Morgan fingerprint density at radius 1 is 1.40 bits per heavy atom. The summed E-state index contributed by atoms with van der Waals surface area (Å²) in [5, 5.41) is 0.533. The van der Waals surface area contributed by atoms with Gasteiger partial charge < -0.3 is 4.90 Å². The first-order chi connectivity index (χ1) is 6.99. The smallest absolute Gasteiger partial charge is 0.129 e. The molecule has 0 saturated heterocycles. The fourth-order valence-corrected chi connectivity index (χ4v) is 1.75. The molecular weight excluding hydrogens is 210 g/mol. The van der Waals surface area contributed by atoms with Crippen LogP contribution >= 0.6 is 11.6 Å². The van der Waals surface area contributed by atoms with Gasteiger partial charge in [-0.3, -0.25) is 4.99 Å². The number of pyridine rings is 1. The van der Waals surface area contributed by atoms with Gasteiger partial charge in [-0.05, 0) is 25.5 Å². The summed E-state index contributed by atoms with van der Waals surface area (Å²) >= 11 is 5.72. The molecular formula is C11H14ClN3. The van der Waals surface area contributed by atoms with Gasteiger partial charge in [0, 0.05) is 19.8 Å². The van der Waals surface area contributed by atoms with Crippen LogP contribution in [-0.4, -0.2) is 28.3 Å². The van der Waals surface area contributed by atoms with Crippen molar-refractivity contribution in [3.8, 4) is 0 Å². The van der Waals surface area contributed by atoms with Gasteiger partial charge in [0.15, 0.2) is 0 Å². The number of hydrogen-bond donors (Lipinski definition) is 0. The van der Waals surface area contributed by atoms with Gasteiger partial charge in [0.2, 0.25) is 0 Å². The van der Waals surface area contributed by atoms with Crippen LogP contribution in [0.1, 0.15) is 19.4 Å². The van der Waals surface area contributed by atoms with Crippen LogP contribution in [0.15, 0.2) is 23.3 Å². The second-order valence-corrected chi connectivity index (χ2v) is 4.73. The summed E-state index contributed by atoms with van der Waals surface area (Å²) in [5.41, 5.74) is 1.18. The number of nitrogens with zero attached hydrogens (tertiary/aromatic N) is 3. The molecule has 0 amide bonds. The van der Waals surface area contributed by atoms with Crippen LogP contribution in [0.4, 0.5) is 0 Å². The van der Waals surface area contributed by atoms with E-state index >= 15 is 0 Å². The Labute approximate surface area is 94.8 Å². The van der Waals surface area contributed by atoms with E-state index in [2.05, 4.69) is 28.7 Å². The second kappa shape index (κ2) is 3.49. The zero-order valence-electron chi connectivity index (χ0n) is 9.16. The van der Waals surface area contributed by atoms with E-state index in [1.165, 1.54) is 0 Å². The Balaban J connectivity index is 1.98. The predicted molar refractivity (Wildman–Crippen MR) is 62.2 cm³/mol. The van der Waals surface area contributed by atoms with E-state index in [0.29, 0.717) is 5.15 Å². The summed E-state index contributed by atoms with van der Waals surface area (Å²) in [6.07, 6.45) is 1.80. The minimum atomic E-state index is 0.0363. The summed E-state index contributed by atoms with van der Waals surface area (Å²) < 4.78 is 0. The Bertz CT molecular complexity index is 395. The van der Waals surface area contributed by atoms with E-state index < -0.39 is 0 Å². The molecule has 0 unspecified atom stereocenters. The lowest BCUT2D eigenvalue weighted by molar-refractivity contribution is 0.496. The van der Waals surface area contributed by atoms with Gasteiger partial charge in [-0.25, -0.2) is 4.98 Å². The maximum absolute atomic E-state index is 5.72. The summed E-state index contributed by atoms with van der Waals surface area (Å²) in [6, 6.07) is 3.80. The van der Waals surface area contributed by atoms with Gasteiger partial charge in [-0.2, -0.15) is 0 Å². The molecule has 2 rings (SSSR count). The van der Waals surface area contributed by atoms with Crippen LogP contribution in [0.25, 0.3) is 0 Å². The molecule has 1 aromatic heterocycles. The third kappa shape index (κ3) is 2.29. The fourth-order valence-electron chi connectivity index (χ4n) is 1.64. The molecule has 0 radical (unpaired) electrons. The van der Waals surface area contributed by atoms with E-state index in [0.717, 1.165) is 17.9 Å². The Kier molecular flexibility index (Phi) is 2.43. The molecule has 0 fully saturated rings. The zero-order chi connectivity index (χ0) is 11.1. The lowest BCUT2D eigenvalue weighted by Crippen LogP contribution is -2.27. The number of aromatic nitrogens is 1. The first kappa shape index (κ1) is 10.4. The molecule has 0 aromatic carbocycles. The van der Waals surface area contributed by atoms with E-state index in [1.54, 1.807) is 6.20 Å². The summed E-state index contributed by atoms with van der Waals surface area (Å²) in [4.78, 5) is 10.6. The highest BCUT2D eigenvalue weighted by Crippen LogP contribution is 2.28. The summed E-state index contributed by atoms with van der Waals surface area (Å²) in [5.74, 6) is 1.15. The molecule has 80 valence electrons. The number of aliphatic imine (C=N–C) groups is 1. The van der Waals surface area contributed by atoms with Gasteiger partial charge in [-0.1, -0.05) is 17.7 Å². The normalized spacial score (nSPS) is 17.2. The first-order valence-electron chi connectivity index (χ1n) is 4.91. The number of likely N-dealkylation sites (N-methyl/N-ethyl adjacent to an activating group) is 1. The minimum Gasteiger partial charge on any atom is -0.357 e. The molecule has 0 atom stereocenters. The maximum Gasteiger partial charge on any atom is 0.129 e. The third-order valence-electron chi connectivity index (χ3n) is 2.45. The van der Waals surface area contributed by atoms with E-state index in [-0.39, 0.29) is 5.54 Å². The molecule has 0 N–H and O–H groups in total. The fraction of sp³-hybridized carbons (Fsp3) is 0.455. The molecule has 3 nitrogen and oxygen atoms in total. The van der Waals surface area contributed by atoms with Gasteiger partial charge in [0.25, 0.3) is 0 Å². The number of halogens is 1. The van der Waals surface area contributed by atoms with Crippen molar-refractivity contribution in [2.24, 2.45) is 4.99 Å². The van der Waals surface area contributed by atoms with E-state index in [1.807, 2.05) is 19.2 Å². The quantitative estimate of drug-likeness (QED) is 0.721. The minimum absolute atomic E-state index is 0.0363. The van der Waals surface area contributed by atoms with Crippen LogP contribution in [-0.2, 0) is 6.54 Å². The Morgan fingerprint density at radius 3 is 2.53 bits per heavy atom. The SMILES string of the molecule is CN(Cc1ccc(Cl)nc1)C1=NC1(C)C. The highest BCUT2D eigenvalue weighted by atomic mass is 35.5.